The van der Waals surface area contributed by atoms with E-state index in [2.05, 4.69) is 10.1 Å². The molecule has 2 aliphatic heterocycles. The first kappa shape index (κ1) is 16.6. The molecule has 2 fully saturated rings. The van der Waals surface area contributed by atoms with Crippen molar-refractivity contribution < 1.29 is 18.8 Å². The van der Waals surface area contributed by atoms with Gasteiger partial charge in [0.15, 0.2) is 17.3 Å². The zero-order valence-electron chi connectivity index (χ0n) is 15.2. The summed E-state index contributed by atoms with van der Waals surface area (Å²) >= 11 is 0. The van der Waals surface area contributed by atoms with E-state index in [1.165, 1.54) is 12.8 Å². The van der Waals surface area contributed by atoms with Gasteiger partial charge in [-0.3, -0.25) is 4.79 Å². The molecule has 0 bridgehead atoms. The minimum atomic E-state index is 0.155. The van der Waals surface area contributed by atoms with E-state index in [-0.39, 0.29) is 12.7 Å². The standard InChI is InChI=1S/C20H23N3O4/c24-19(10-13-3-6-16-17(8-13)26-12-25-16)23-7-1-2-14(11-23)9-18-21-20(22-27-18)15-4-5-15/h3,6,8,14-15H,1-2,4-5,7,9-12H2/t14-/m0/s1. The maximum Gasteiger partial charge on any atom is 0.231 e. The Morgan fingerprint density at radius 1 is 1.19 bits per heavy atom. The van der Waals surface area contributed by atoms with Crippen molar-refractivity contribution in [1.29, 1.82) is 0 Å². The fourth-order valence-corrected chi connectivity index (χ4v) is 3.90. The minimum Gasteiger partial charge on any atom is -0.454 e. The molecule has 1 saturated carbocycles. The van der Waals surface area contributed by atoms with Crippen LogP contribution in [-0.2, 0) is 17.6 Å². The number of amides is 1. The van der Waals surface area contributed by atoms with Gasteiger partial charge in [-0.2, -0.15) is 4.98 Å². The summed E-state index contributed by atoms with van der Waals surface area (Å²) in [6, 6.07) is 5.71. The van der Waals surface area contributed by atoms with Crippen LogP contribution in [0.25, 0.3) is 0 Å². The highest BCUT2D eigenvalue weighted by Gasteiger charge is 2.30. The van der Waals surface area contributed by atoms with Crippen LogP contribution in [0.4, 0.5) is 0 Å². The number of nitrogens with zero attached hydrogens (tertiary/aromatic N) is 3. The first-order valence-electron chi connectivity index (χ1n) is 9.73. The number of hydrogen-bond donors (Lipinski definition) is 0. The lowest BCUT2D eigenvalue weighted by Crippen LogP contribution is -2.41. The molecular weight excluding hydrogens is 346 g/mol. The van der Waals surface area contributed by atoms with Crippen LogP contribution >= 0.6 is 0 Å². The van der Waals surface area contributed by atoms with Gasteiger partial charge >= 0.3 is 0 Å². The first-order valence-corrected chi connectivity index (χ1v) is 9.73. The fourth-order valence-electron chi connectivity index (χ4n) is 3.90. The SMILES string of the molecule is O=C(Cc1ccc2c(c1)OCO2)N1CCC[C@@H](Cc2nc(C3CC3)no2)C1. The van der Waals surface area contributed by atoms with Gasteiger partial charge in [0, 0.05) is 25.4 Å². The molecule has 2 aromatic rings. The van der Waals surface area contributed by atoms with E-state index < -0.39 is 0 Å². The van der Waals surface area contributed by atoms with Crippen molar-refractivity contribution in [2.75, 3.05) is 19.9 Å². The smallest absolute Gasteiger partial charge is 0.231 e. The van der Waals surface area contributed by atoms with Crippen molar-refractivity contribution in [1.82, 2.24) is 15.0 Å². The van der Waals surface area contributed by atoms with E-state index >= 15 is 0 Å². The van der Waals surface area contributed by atoms with E-state index in [4.69, 9.17) is 14.0 Å². The molecule has 3 aliphatic rings. The van der Waals surface area contributed by atoms with E-state index in [0.29, 0.717) is 24.1 Å². The first-order chi connectivity index (χ1) is 13.2. The van der Waals surface area contributed by atoms with E-state index in [1.807, 2.05) is 23.1 Å². The second-order valence-electron chi connectivity index (χ2n) is 7.74. The highest BCUT2D eigenvalue weighted by molar-refractivity contribution is 5.79. The van der Waals surface area contributed by atoms with E-state index in [9.17, 15) is 4.79 Å². The quantitative estimate of drug-likeness (QED) is 0.806. The molecule has 3 heterocycles. The molecule has 1 aromatic carbocycles. The van der Waals surface area contributed by atoms with Gasteiger partial charge < -0.3 is 18.9 Å². The third kappa shape index (κ3) is 3.63. The maximum atomic E-state index is 12.8. The minimum absolute atomic E-state index is 0.155. The van der Waals surface area contributed by atoms with Crippen molar-refractivity contribution >= 4 is 5.91 Å². The van der Waals surface area contributed by atoms with Gasteiger partial charge in [0.25, 0.3) is 0 Å². The molecule has 0 spiro atoms. The molecule has 1 amide bonds. The lowest BCUT2D eigenvalue weighted by molar-refractivity contribution is -0.132. The molecule has 1 saturated heterocycles. The normalized spacial score (nSPS) is 21.5. The van der Waals surface area contributed by atoms with Crippen LogP contribution in [0.1, 0.15) is 48.9 Å². The van der Waals surface area contributed by atoms with Crippen molar-refractivity contribution in [3.8, 4) is 11.5 Å². The number of carbonyl (C=O) groups excluding carboxylic acids is 1. The third-order valence-electron chi connectivity index (χ3n) is 5.55. The average molecular weight is 369 g/mol. The molecular formula is C20H23N3O4. The molecule has 7 heteroatoms. The predicted octanol–water partition coefficient (Wildman–Crippen LogP) is 2.70. The average Bonchev–Trinajstić information content (AvgIpc) is 3.24. The number of rotatable bonds is 5. The molecule has 7 nitrogen and oxygen atoms in total. The highest BCUT2D eigenvalue weighted by atomic mass is 16.7. The molecule has 1 atom stereocenters. The number of aromatic nitrogens is 2. The monoisotopic (exact) mass is 369 g/mol. The Bertz CT molecular complexity index is 846. The summed E-state index contributed by atoms with van der Waals surface area (Å²) in [5, 5.41) is 4.09. The summed E-state index contributed by atoms with van der Waals surface area (Å²) in [6.45, 7) is 1.82. The van der Waals surface area contributed by atoms with Gasteiger partial charge in [0.05, 0.1) is 6.42 Å². The summed E-state index contributed by atoms with van der Waals surface area (Å²) in [6.07, 6.45) is 5.59. The summed E-state index contributed by atoms with van der Waals surface area (Å²) < 4.78 is 16.1. The summed E-state index contributed by atoms with van der Waals surface area (Å²) in [5.74, 6) is 4.08. The van der Waals surface area contributed by atoms with Crippen LogP contribution < -0.4 is 9.47 Å². The molecule has 0 N–H and O–H groups in total. The molecule has 0 unspecified atom stereocenters. The van der Waals surface area contributed by atoms with Crippen molar-refractivity contribution in [3.63, 3.8) is 0 Å². The van der Waals surface area contributed by atoms with Crippen molar-refractivity contribution in [2.45, 2.75) is 44.4 Å². The van der Waals surface area contributed by atoms with Gasteiger partial charge in [-0.15, -0.1) is 0 Å². The summed E-state index contributed by atoms with van der Waals surface area (Å²) in [4.78, 5) is 19.3. The van der Waals surface area contributed by atoms with Gasteiger partial charge in [0.1, 0.15) is 0 Å². The lowest BCUT2D eigenvalue weighted by atomic mass is 9.94. The van der Waals surface area contributed by atoms with Crippen LogP contribution in [0.3, 0.4) is 0 Å². The van der Waals surface area contributed by atoms with E-state index in [1.54, 1.807) is 0 Å². The molecule has 142 valence electrons. The molecule has 27 heavy (non-hydrogen) atoms. The van der Waals surface area contributed by atoms with Crippen molar-refractivity contribution in [3.05, 3.63) is 35.5 Å². The van der Waals surface area contributed by atoms with Gasteiger partial charge in [-0.1, -0.05) is 11.2 Å². The van der Waals surface area contributed by atoms with Crippen LogP contribution in [0.2, 0.25) is 0 Å². The lowest BCUT2D eigenvalue weighted by Gasteiger charge is -2.32. The Kier molecular flexibility index (Phi) is 4.22. The number of benzene rings is 1. The second-order valence-corrected chi connectivity index (χ2v) is 7.74. The van der Waals surface area contributed by atoms with Crippen molar-refractivity contribution in [2.24, 2.45) is 5.92 Å². The largest absolute Gasteiger partial charge is 0.454 e. The van der Waals surface area contributed by atoms with Crippen LogP contribution in [0.5, 0.6) is 11.5 Å². The highest BCUT2D eigenvalue weighted by Crippen LogP contribution is 2.38. The zero-order chi connectivity index (χ0) is 18.2. The van der Waals surface area contributed by atoms with Gasteiger partial charge in [0.2, 0.25) is 18.6 Å². The Hall–Kier alpha value is -2.57. The molecule has 0 radical (unpaired) electrons. The Morgan fingerprint density at radius 2 is 2.07 bits per heavy atom. The zero-order valence-corrected chi connectivity index (χ0v) is 15.2. The predicted molar refractivity (Wildman–Crippen MR) is 95.6 cm³/mol. The third-order valence-corrected chi connectivity index (χ3v) is 5.55. The Labute approximate surface area is 157 Å². The van der Waals surface area contributed by atoms with Crippen LogP contribution in [0, 0.1) is 5.92 Å². The number of likely N-dealkylation sites (tertiary alicyclic amines) is 1. The van der Waals surface area contributed by atoms with Gasteiger partial charge in [-0.05, 0) is 49.3 Å². The number of piperidine rings is 1. The van der Waals surface area contributed by atoms with Crippen LogP contribution in [-0.4, -0.2) is 40.8 Å². The Balaban J connectivity index is 1.19. The Morgan fingerprint density at radius 3 is 2.96 bits per heavy atom. The second kappa shape index (κ2) is 6.87. The molecule has 1 aliphatic carbocycles. The summed E-state index contributed by atoms with van der Waals surface area (Å²) in [5.41, 5.74) is 0.956. The molecule has 1 aromatic heterocycles. The van der Waals surface area contributed by atoms with Gasteiger partial charge in [-0.25, -0.2) is 0 Å². The van der Waals surface area contributed by atoms with E-state index in [0.717, 1.165) is 55.2 Å². The number of ether oxygens (including phenoxy) is 2. The number of hydrogen-bond acceptors (Lipinski definition) is 6. The number of carbonyl (C=O) groups is 1. The van der Waals surface area contributed by atoms with Crippen LogP contribution in [0.15, 0.2) is 22.7 Å². The maximum absolute atomic E-state index is 12.8. The topological polar surface area (TPSA) is 77.7 Å². The summed E-state index contributed by atoms with van der Waals surface area (Å²) in [7, 11) is 0. The molecule has 5 rings (SSSR count). The fraction of sp³-hybridized carbons (Fsp3) is 0.550. The number of fused-ring (bicyclic) bond motifs is 1.